The van der Waals surface area contributed by atoms with Crippen LogP contribution in [0.1, 0.15) is 12.8 Å². The van der Waals surface area contributed by atoms with Gasteiger partial charge in [0.1, 0.15) is 4.90 Å². The number of nitrogen functional groups attached to an aromatic ring is 1. The van der Waals surface area contributed by atoms with Gasteiger partial charge in [-0.2, -0.15) is 0 Å². The lowest BCUT2D eigenvalue weighted by atomic mass is 10.5. The van der Waals surface area contributed by atoms with E-state index in [1.807, 2.05) is 0 Å². The number of nitrogens with zero attached hydrogens (tertiary/aromatic N) is 1. The quantitative estimate of drug-likeness (QED) is 0.370. The van der Waals surface area contributed by atoms with Crippen LogP contribution in [-0.2, 0) is 14.8 Å². The second-order valence-electron chi connectivity index (χ2n) is 4.56. The molecule has 1 fully saturated rings. The highest BCUT2D eigenvalue weighted by molar-refractivity contribution is 7.89. The number of aromatic nitrogens is 1. The Morgan fingerprint density at radius 1 is 1.50 bits per heavy atom. The summed E-state index contributed by atoms with van der Waals surface area (Å²) in [7, 11) is -3.64. The van der Waals surface area contributed by atoms with Gasteiger partial charge in [0.05, 0.1) is 11.6 Å². The number of nitrogens with one attached hydrogen (secondary N) is 2. The minimum Gasteiger partial charge on any atom is -0.380 e. The third-order valence-electron chi connectivity index (χ3n) is 2.85. The van der Waals surface area contributed by atoms with Crippen LogP contribution in [0.4, 0.5) is 5.82 Å². The van der Waals surface area contributed by atoms with Gasteiger partial charge in [-0.05, 0) is 24.8 Å². The third kappa shape index (κ3) is 4.29. The number of pyridine rings is 1. The van der Waals surface area contributed by atoms with E-state index in [-0.39, 0.29) is 22.3 Å². The van der Waals surface area contributed by atoms with Crippen molar-refractivity contribution >= 4 is 27.4 Å². The van der Waals surface area contributed by atoms with E-state index in [0.29, 0.717) is 19.1 Å². The van der Waals surface area contributed by atoms with E-state index in [1.54, 1.807) is 0 Å². The Morgan fingerprint density at radius 3 is 2.85 bits per heavy atom. The summed E-state index contributed by atoms with van der Waals surface area (Å²) in [4.78, 5) is 3.81. The minimum absolute atomic E-state index is 0.0105. The van der Waals surface area contributed by atoms with Crippen LogP contribution in [0.25, 0.3) is 0 Å². The smallest absolute Gasteiger partial charge is 0.242 e. The molecular formula is C11H17ClN4O3S. The van der Waals surface area contributed by atoms with E-state index in [2.05, 4.69) is 15.1 Å². The summed E-state index contributed by atoms with van der Waals surface area (Å²) >= 11 is 5.84. The molecule has 0 radical (unpaired) electrons. The number of hydrazine groups is 1. The molecule has 0 unspecified atom stereocenters. The van der Waals surface area contributed by atoms with Crippen LogP contribution < -0.4 is 16.0 Å². The molecule has 0 aliphatic heterocycles. The fraction of sp³-hybridized carbons (Fsp3) is 0.545. The first-order valence-electron chi connectivity index (χ1n) is 6.22. The summed E-state index contributed by atoms with van der Waals surface area (Å²) in [5.41, 5.74) is 2.27. The molecular weight excluding hydrogens is 304 g/mol. The minimum atomic E-state index is -3.64. The van der Waals surface area contributed by atoms with Crippen molar-refractivity contribution in [1.82, 2.24) is 9.71 Å². The maximum atomic E-state index is 12.0. The number of nitrogens with two attached hydrogens (primary N) is 1. The number of halogens is 1. The Kier molecular flexibility index (Phi) is 5.17. The van der Waals surface area contributed by atoms with Crippen LogP contribution in [0.15, 0.2) is 17.2 Å². The molecule has 9 heteroatoms. The van der Waals surface area contributed by atoms with Gasteiger partial charge >= 0.3 is 0 Å². The van der Waals surface area contributed by atoms with E-state index in [9.17, 15) is 8.42 Å². The topological polar surface area (TPSA) is 106 Å². The summed E-state index contributed by atoms with van der Waals surface area (Å²) in [5.74, 6) is 6.05. The molecule has 2 rings (SSSR count). The number of rotatable bonds is 8. The summed E-state index contributed by atoms with van der Waals surface area (Å²) in [6.07, 6.45) is 3.60. The van der Waals surface area contributed by atoms with Crippen molar-refractivity contribution < 1.29 is 13.2 Å². The Morgan fingerprint density at radius 2 is 2.25 bits per heavy atom. The van der Waals surface area contributed by atoms with Crippen molar-refractivity contribution in [2.45, 2.75) is 17.7 Å². The maximum Gasteiger partial charge on any atom is 0.242 e. The van der Waals surface area contributed by atoms with E-state index in [1.165, 1.54) is 25.1 Å². The standard InChI is InChI=1S/C11H17ClN4O3S/c12-10-5-9(6-14-11(10)16-13)20(17,18)15-3-4-19-7-8-1-2-8/h5-6,8,15H,1-4,7,13H2,(H,14,16). The lowest BCUT2D eigenvalue weighted by Crippen LogP contribution is -2.28. The van der Waals surface area contributed by atoms with Crippen molar-refractivity contribution in [2.24, 2.45) is 11.8 Å². The summed E-state index contributed by atoms with van der Waals surface area (Å²) in [6.45, 7) is 1.26. The summed E-state index contributed by atoms with van der Waals surface area (Å²) in [5, 5.41) is 0.139. The van der Waals surface area contributed by atoms with Crippen LogP contribution in [-0.4, -0.2) is 33.2 Å². The highest BCUT2D eigenvalue weighted by Crippen LogP contribution is 2.28. The van der Waals surface area contributed by atoms with Crippen molar-refractivity contribution in [3.05, 3.63) is 17.3 Å². The molecule has 112 valence electrons. The van der Waals surface area contributed by atoms with E-state index in [0.717, 1.165) is 0 Å². The average Bonchev–Trinajstić information content (AvgIpc) is 3.22. The number of anilines is 1. The van der Waals surface area contributed by atoms with Gasteiger partial charge in [-0.3, -0.25) is 0 Å². The molecule has 0 atom stereocenters. The SMILES string of the molecule is NNc1ncc(S(=O)(=O)NCCOCC2CC2)cc1Cl. The zero-order valence-electron chi connectivity index (χ0n) is 10.8. The normalized spacial score (nSPS) is 15.3. The van der Waals surface area contributed by atoms with Gasteiger partial charge in [0.25, 0.3) is 0 Å². The van der Waals surface area contributed by atoms with Crippen LogP contribution in [0.3, 0.4) is 0 Å². The zero-order valence-corrected chi connectivity index (χ0v) is 12.4. The first-order valence-corrected chi connectivity index (χ1v) is 8.08. The summed E-state index contributed by atoms with van der Waals surface area (Å²) < 4.78 is 31.7. The van der Waals surface area contributed by atoms with E-state index < -0.39 is 10.0 Å². The van der Waals surface area contributed by atoms with Crippen LogP contribution in [0.5, 0.6) is 0 Å². The first-order chi connectivity index (χ1) is 9.53. The Balaban J connectivity index is 1.86. The molecule has 0 bridgehead atoms. The van der Waals surface area contributed by atoms with E-state index >= 15 is 0 Å². The highest BCUT2D eigenvalue weighted by Gasteiger charge is 2.21. The van der Waals surface area contributed by atoms with Crippen molar-refractivity contribution in [1.29, 1.82) is 0 Å². The second-order valence-corrected chi connectivity index (χ2v) is 6.74. The second kappa shape index (κ2) is 6.68. The van der Waals surface area contributed by atoms with Gasteiger partial charge in [-0.1, -0.05) is 11.6 Å². The lowest BCUT2D eigenvalue weighted by Gasteiger charge is -2.08. The van der Waals surface area contributed by atoms with Crippen LogP contribution >= 0.6 is 11.6 Å². The maximum absolute atomic E-state index is 12.0. The number of hydrogen-bond donors (Lipinski definition) is 3. The molecule has 1 aliphatic rings. The number of sulfonamides is 1. The van der Waals surface area contributed by atoms with Gasteiger partial charge in [-0.25, -0.2) is 24.0 Å². The molecule has 0 spiro atoms. The molecule has 1 aromatic heterocycles. The Hall–Kier alpha value is -0.930. The fourth-order valence-corrected chi connectivity index (χ4v) is 2.81. The number of ether oxygens (including phenoxy) is 1. The molecule has 0 aromatic carbocycles. The largest absolute Gasteiger partial charge is 0.380 e. The molecule has 1 saturated carbocycles. The Bertz CT molecular complexity index is 563. The van der Waals surface area contributed by atoms with Crippen molar-refractivity contribution in [3.63, 3.8) is 0 Å². The van der Waals surface area contributed by atoms with Gasteiger partial charge in [0.2, 0.25) is 10.0 Å². The third-order valence-corrected chi connectivity index (χ3v) is 4.57. The van der Waals surface area contributed by atoms with Crippen LogP contribution in [0, 0.1) is 5.92 Å². The molecule has 1 aliphatic carbocycles. The van der Waals surface area contributed by atoms with Crippen molar-refractivity contribution in [2.75, 3.05) is 25.2 Å². The lowest BCUT2D eigenvalue weighted by molar-refractivity contribution is 0.129. The average molecular weight is 321 g/mol. The van der Waals surface area contributed by atoms with Gasteiger partial charge in [0, 0.05) is 19.3 Å². The van der Waals surface area contributed by atoms with Crippen molar-refractivity contribution in [3.8, 4) is 0 Å². The Labute approximate surface area is 122 Å². The number of hydrogen-bond acceptors (Lipinski definition) is 6. The highest BCUT2D eigenvalue weighted by atomic mass is 35.5. The fourth-order valence-electron chi connectivity index (χ4n) is 1.54. The predicted molar refractivity (Wildman–Crippen MR) is 75.8 cm³/mol. The molecule has 20 heavy (non-hydrogen) atoms. The molecule has 0 amide bonds. The molecule has 0 saturated heterocycles. The van der Waals surface area contributed by atoms with Gasteiger partial charge in [-0.15, -0.1) is 0 Å². The van der Waals surface area contributed by atoms with Gasteiger partial charge < -0.3 is 10.2 Å². The predicted octanol–water partition coefficient (Wildman–Crippen LogP) is 0.725. The summed E-state index contributed by atoms with van der Waals surface area (Å²) in [6, 6.07) is 1.29. The van der Waals surface area contributed by atoms with E-state index in [4.69, 9.17) is 22.2 Å². The molecule has 1 heterocycles. The molecule has 7 nitrogen and oxygen atoms in total. The zero-order chi connectivity index (χ0) is 14.6. The monoisotopic (exact) mass is 320 g/mol. The first kappa shape index (κ1) is 15.5. The molecule has 4 N–H and O–H groups in total. The van der Waals surface area contributed by atoms with Gasteiger partial charge in [0.15, 0.2) is 5.82 Å². The molecule has 1 aromatic rings. The van der Waals surface area contributed by atoms with Crippen LogP contribution in [0.2, 0.25) is 5.02 Å².